The highest BCUT2D eigenvalue weighted by Crippen LogP contribution is 2.21. The maximum absolute atomic E-state index is 11.5. The molecule has 3 nitrogen and oxygen atoms in total. The number of ketones is 1. The van der Waals surface area contributed by atoms with Crippen molar-refractivity contribution in [1.29, 1.82) is 0 Å². The smallest absolute Gasteiger partial charge is 0.178 e. The van der Waals surface area contributed by atoms with E-state index in [1.54, 1.807) is 6.07 Å². The normalized spacial score (nSPS) is 18.8. The van der Waals surface area contributed by atoms with Crippen molar-refractivity contribution in [3.63, 3.8) is 0 Å². The van der Waals surface area contributed by atoms with Crippen molar-refractivity contribution in [2.45, 2.75) is 25.7 Å². The van der Waals surface area contributed by atoms with Crippen molar-refractivity contribution in [3.05, 3.63) is 29.3 Å². The Kier molecular flexibility index (Phi) is 3.57. The second kappa shape index (κ2) is 5.12. The van der Waals surface area contributed by atoms with Crippen LogP contribution in [0.25, 0.3) is 0 Å². The molecule has 0 spiro atoms. The monoisotopic (exact) mass is 236 g/mol. The highest BCUT2D eigenvalue weighted by molar-refractivity contribution is 6.40. The Morgan fingerprint density at radius 1 is 1.19 bits per heavy atom. The second-order valence-corrected chi connectivity index (χ2v) is 4.19. The average Bonchev–Trinajstić information content (AvgIpc) is 2.30. The molecule has 1 aliphatic carbocycles. The molecule has 1 fully saturated rings. The molecule has 0 aromatic heterocycles. The molecule has 1 aromatic carbocycles. The van der Waals surface area contributed by atoms with Gasteiger partial charge in [-0.15, -0.1) is 0 Å². The second-order valence-electron chi connectivity index (χ2n) is 3.78. The van der Waals surface area contributed by atoms with E-state index < -0.39 is 0 Å². The first-order valence-corrected chi connectivity index (χ1v) is 5.75. The molecular weight excluding hydrogens is 224 g/mol. The number of benzene rings is 1. The van der Waals surface area contributed by atoms with Crippen molar-refractivity contribution in [2.75, 3.05) is 5.43 Å². The summed E-state index contributed by atoms with van der Waals surface area (Å²) in [5.74, 6) is 0.144. The van der Waals surface area contributed by atoms with Crippen molar-refractivity contribution < 1.29 is 4.79 Å². The summed E-state index contributed by atoms with van der Waals surface area (Å²) in [4.78, 5) is 11.5. The van der Waals surface area contributed by atoms with E-state index >= 15 is 0 Å². The Morgan fingerprint density at radius 3 is 2.69 bits per heavy atom. The van der Waals surface area contributed by atoms with Crippen molar-refractivity contribution >= 4 is 28.8 Å². The van der Waals surface area contributed by atoms with Crippen molar-refractivity contribution in [2.24, 2.45) is 5.10 Å². The molecule has 4 heteroatoms. The summed E-state index contributed by atoms with van der Waals surface area (Å²) in [7, 11) is 0. The minimum atomic E-state index is 0.144. The maximum atomic E-state index is 11.5. The van der Waals surface area contributed by atoms with E-state index in [9.17, 15) is 4.79 Å². The fourth-order valence-electron chi connectivity index (χ4n) is 1.66. The summed E-state index contributed by atoms with van der Waals surface area (Å²) in [5.41, 5.74) is 4.21. The first-order valence-electron chi connectivity index (χ1n) is 5.37. The zero-order chi connectivity index (χ0) is 11.4. The Balaban J connectivity index is 2.08. The van der Waals surface area contributed by atoms with Gasteiger partial charge >= 0.3 is 0 Å². The average molecular weight is 237 g/mol. The molecule has 0 amide bonds. The quantitative estimate of drug-likeness (QED) is 0.801. The van der Waals surface area contributed by atoms with Gasteiger partial charge in [-0.25, -0.2) is 0 Å². The van der Waals surface area contributed by atoms with Gasteiger partial charge in [0.2, 0.25) is 0 Å². The van der Waals surface area contributed by atoms with E-state index in [1.165, 1.54) is 0 Å². The molecule has 1 saturated carbocycles. The number of carbonyl (C=O) groups excluding carboxylic acids is 1. The fourth-order valence-corrected chi connectivity index (χ4v) is 1.84. The van der Waals surface area contributed by atoms with E-state index in [-0.39, 0.29) is 5.78 Å². The highest BCUT2D eigenvalue weighted by atomic mass is 35.5. The molecule has 0 saturated heterocycles. The topological polar surface area (TPSA) is 41.5 Å². The molecule has 84 valence electrons. The van der Waals surface area contributed by atoms with Crippen molar-refractivity contribution in [3.8, 4) is 0 Å². The van der Waals surface area contributed by atoms with E-state index in [2.05, 4.69) is 10.5 Å². The molecule has 0 atom stereocenters. The van der Waals surface area contributed by atoms with Crippen LogP contribution in [0.15, 0.2) is 29.4 Å². The number of hydrogen-bond acceptors (Lipinski definition) is 3. The number of nitrogens with one attached hydrogen (secondary N) is 1. The molecule has 0 bridgehead atoms. The Bertz CT molecular complexity index is 429. The molecular formula is C12H13ClN2O. The molecule has 0 unspecified atom stereocenters. The van der Waals surface area contributed by atoms with Crippen LogP contribution >= 0.6 is 11.6 Å². The summed E-state index contributed by atoms with van der Waals surface area (Å²) < 4.78 is 0. The Hall–Kier alpha value is -1.35. The van der Waals surface area contributed by atoms with Crippen molar-refractivity contribution in [1.82, 2.24) is 0 Å². The first kappa shape index (κ1) is 11.1. The molecule has 2 rings (SSSR count). The van der Waals surface area contributed by atoms with Crippen LogP contribution in [-0.4, -0.2) is 11.5 Å². The van der Waals surface area contributed by atoms with Crippen LogP contribution in [0.2, 0.25) is 5.02 Å². The van der Waals surface area contributed by atoms with Crippen LogP contribution in [0.3, 0.4) is 0 Å². The van der Waals surface area contributed by atoms with Crippen LogP contribution in [0.4, 0.5) is 5.69 Å². The van der Waals surface area contributed by atoms with Crippen LogP contribution in [-0.2, 0) is 4.79 Å². The van der Waals surface area contributed by atoms with E-state index in [4.69, 9.17) is 11.6 Å². The third-order valence-corrected chi connectivity index (χ3v) is 2.90. The molecule has 16 heavy (non-hydrogen) atoms. The standard InChI is InChI=1S/C12H13ClN2O/c13-9-5-1-2-6-10(9)14-15-11-7-3-4-8-12(11)16/h1-2,5-6,14H,3-4,7-8H2/b15-11-. The third kappa shape index (κ3) is 2.61. The number of rotatable bonds is 2. The van der Waals surface area contributed by atoms with Crippen LogP contribution in [0.5, 0.6) is 0 Å². The van der Waals surface area contributed by atoms with Gasteiger partial charge in [0.15, 0.2) is 5.78 Å². The molecule has 0 aliphatic heterocycles. The Labute approximate surface area is 99.5 Å². The SMILES string of the molecule is O=C1CCCC/C1=N/Nc1ccccc1Cl. The van der Waals surface area contributed by atoms with Crippen LogP contribution in [0, 0.1) is 0 Å². The lowest BCUT2D eigenvalue weighted by Crippen LogP contribution is -2.19. The predicted molar refractivity (Wildman–Crippen MR) is 66.0 cm³/mol. The lowest BCUT2D eigenvalue weighted by molar-refractivity contribution is -0.113. The van der Waals surface area contributed by atoms with E-state index in [1.807, 2.05) is 18.2 Å². The maximum Gasteiger partial charge on any atom is 0.178 e. The number of para-hydroxylation sites is 1. The minimum absolute atomic E-state index is 0.144. The molecule has 1 aliphatic rings. The van der Waals surface area contributed by atoms with Gasteiger partial charge in [0, 0.05) is 6.42 Å². The summed E-state index contributed by atoms with van der Waals surface area (Å²) in [5, 5.41) is 4.73. The molecule has 1 aromatic rings. The predicted octanol–water partition coefficient (Wildman–Crippen LogP) is 3.25. The number of halogens is 1. The van der Waals surface area contributed by atoms with Gasteiger partial charge in [-0.2, -0.15) is 5.10 Å². The number of hydrazone groups is 1. The lowest BCUT2D eigenvalue weighted by Gasteiger charge is -2.11. The third-order valence-electron chi connectivity index (χ3n) is 2.57. The summed E-state index contributed by atoms with van der Waals surface area (Å²) in [6, 6.07) is 7.34. The molecule has 1 N–H and O–H groups in total. The zero-order valence-corrected chi connectivity index (χ0v) is 9.63. The minimum Gasteiger partial charge on any atom is -0.293 e. The largest absolute Gasteiger partial charge is 0.293 e. The first-order chi connectivity index (χ1) is 7.77. The summed E-state index contributed by atoms with van der Waals surface area (Å²) in [6.45, 7) is 0. The van der Waals surface area contributed by atoms with Crippen LogP contribution in [0.1, 0.15) is 25.7 Å². The lowest BCUT2D eigenvalue weighted by atomic mass is 9.97. The number of carbonyl (C=O) groups is 1. The van der Waals surface area contributed by atoms with Gasteiger partial charge in [0.05, 0.1) is 10.7 Å². The molecule has 0 heterocycles. The van der Waals surface area contributed by atoms with Gasteiger partial charge in [-0.3, -0.25) is 10.2 Å². The number of anilines is 1. The molecule has 0 radical (unpaired) electrons. The van der Waals surface area contributed by atoms with E-state index in [0.29, 0.717) is 17.2 Å². The van der Waals surface area contributed by atoms with Gasteiger partial charge in [-0.05, 0) is 31.4 Å². The summed E-state index contributed by atoms with van der Waals surface area (Å²) >= 11 is 5.96. The van der Waals surface area contributed by atoms with Gasteiger partial charge in [-0.1, -0.05) is 23.7 Å². The number of nitrogens with zero attached hydrogens (tertiary/aromatic N) is 1. The van der Waals surface area contributed by atoms with Gasteiger partial charge < -0.3 is 0 Å². The van der Waals surface area contributed by atoms with Gasteiger partial charge in [0.1, 0.15) is 5.71 Å². The number of hydrogen-bond donors (Lipinski definition) is 1. The Morgan fingerprint density at radius 2 is 1.94 bits per heavy atom. The number of Topliss-reactive ketones (excluding diaryl/α,β-unsaturated/α-hetero) is 1. The van der Waals surface area contributed by atoms with E-state index in [0.717, 1.165) is 24.9 Å². The summed E-state index contributed by atoms with van der Waals surface area (Å²) in [6.07, 6.45) is 3.39. The van der Waals surface area contributed by atoms with Gasteiger partial charge in [0.25, 0.3) is 0 Å². The highest BCUT2D eigenvalue weighted by Gasteiger charge is 2.16. The van der Waals surface area contributed by atoms with Crippen LogP contribution < -0.4 is 5.43 Å². The fraction of sp³-hybridized carbons (Fsp3) is 0.333. The zero-order valence-electron chi connectivity index (χ0n) is 8.87.